The van der Waals surface area contributed by atoms with Gasteiger partial charge in [0, 0.05) is 28.7 Å². The van der Waals surface area contributed by atoms with Crippen LogP contribution in [-0.4, -0.2) is 9.97 Å². The molecule has 0 spiro atoms. The molecule has 86 valence electrons. The number of furan rings is 1. The lowest BCUT2D eigenvalue weighted by Gasteiger charge is -1.98. The molecule has 4 rings (SSSR count). The number of aromatic amines is 1. The van der Waals surface area contributed by atoms with E-state index in [1.54, 1.807) is 6.20 Å². The largest absolute Gasteiger partial charge is 0.456 e. The van der Waals surface area contributed by atoms with Crippen LogP contribution in [0.3, 0.4) is 0 Å². The van der Waals surface area contributed by atoms with Crippen LogP contribution in [0.15, 0.2) is 59.3 Å². The van der Waals surface area contributed by atoms with Crippen LogP contribution < -0.4 is 0 Å². The number of hydrogen-bond donors (Lipinski definition) is 1. The molecule has 2 heterocycles. The third-order valence-electron chi connectivity index (χ3n) is 3.16. The number of nitrogens with one attached hydrogen (secondary N) is 1. The van der Waals surface area contributed by atoms with Gasteiger partial charge in [0.2, 0.25) is 0 Å². The molecule has 2 aromatic carbocycles. The van der Waals surface area contributed by atoms with E-state index in [1.807, 2.05) is 36.5 Å². The summed E-state index contributed by atoms with van der Waals surface area (Å²) in [7, 11) is 0. The van der Waals surface area contributed by atoms with Crippen molar-refractivity contribution in [2.45, 2.75) is 0 Å². The van der Waals surface area contributed by atoms with Gasteiger partial charge in [-0.2, -0.15) is 0 Å². The van der Waals surface area contributed by atoms with Crippen LogP contribution >= 0.6 is 0 Å². The first-order valence-corrected chi connectivity index (χ1v) is 5.83. The van der Waals surface area contributed by atoms with Gasteiger partial charge in [0.1, 0.15) is 17.0 Å². The summed E-state index contributed by atoms with van der Waals surface area (Å²) in [6.45, 7) is 0. The summed E-state index contributed by atoms with van der Waals surface area (Å²) in [4.78, 5) is 7.47. The zero-order valence-electron chi connectivity index (χ0n) is 9.55. The minimum absolute atomic E-state index is 0.868. The van der Waals surface area contributed by atoms with E-state index in [0.717, 1.165) is 33.3 Å². The number of aromatic nitrogens is 2. The Balaban J connectivity index is 2.21. The first kappa shape index (κ1) is 9.48. The number of hydrogen-bond acceptors (Lipinski definition) is 2. The number of rotatable bonds is 1. The summed E-state index contributed by atoms with van der Waals surface area (Å²) in [5.74, 6) is 0.868. The van der Waals surface area contributed by atoms with E-state index in [9.17, 15) is 0 Å². The predicted molar refractivity (Wildman–Crippen MR) is 71.3 cm³/mol. The standard InChI is InChI=1S/C15H10N2O/c1-2-6-12-10(4-1)14-11(15-16-8-9-17-15)5-3-7-13(14)18-12/h1-9H,(H,16,17). The van der Waals surface area contributed by atoms with Gasteiger partial charge in [0.25, 0.3) is 0 Å². The van der Waals surface area contributed by atoms with Crippen LogP contribution in [0.4, 0.5) is 0 Å². The van der Waals surface area contributed by atoms with Crippen molar-refractivity contribution in [3.8, 4) is 11.4 Å². The Bertz CT molecular complexity index is 828. The normalized spacial score (nSPS) is 11.3. The molecule has 4 aromatic rings. The molecule has 0 bridgehead atoms. The number of benzene rings is 2. The molecule has 0 radical (unpaired) electrons. The fourth-order valence-corrected chi connectivity index (χ4v) is 2.38. The minimum Gasteiger partial charge on any atom is -0.456 e. The summed E-state index contributed by atoms with van der Waals surface area (Å²) in [5, 5.41) is 2.24. The van der Waals surface area contributed by atoms with E-state index in [1.165, 1.54) is 0 Å². The number of imidazole rings is 1. The Labute approximate surface area is 103 Å². The number of para-hydroxylation sites is 1. The lowest BCUT2D eigenvalue weighted by molar-refractivity contribution is 0.669. The second-order valence-corrected chi connectivity index (χ2v) is 4.21. The van der Waals surface area contributed by atoms with Crippen LogP contribution in [0.2, 0.25) is 0 Å². The summed E-state index contributed by atoms with van der Waals surface area (Å²) in [5.41, 5.74) is 2.87. The Hall–Kier alpha value is -2.55. The van der Waals surface area contributed by atoms with E-state index in [0.29, 0.717) is 0 Å². The molecule has 0 amide bonds. The number of H-pyrrole nitrogens is 1. The predicted octanol–water partition coefficient (Wildman–Crippen LogP) is 3.98. The molecule has 2 aromatic heterocycles. The second kappa shape index (κ2) is 3.47. The smallest absolute Gasteiger partial charge is 0.138 e. The molecular weight excluding hydrogens is 224 g/mol. The summed E-state index contributed by atoms with van der Waals surface area (Å²) in [6.07, 6.45) is 3.59. The monoisotopic (exact) mass is 234 g/mol. The van der Waals surface area contributed by atoms with Gasteiger partial charge >= 0.3 is 0 Å². The Kier molecular flexibility index (Phi) is 1.83. The van der Waals surface area contributed by atoms with Crippen molar-refractivity contribution in [3.05, 3.63) is 54.9 Å². The average molecular weight is 234 g/mol. The molecule has 0 atom stereocenters. The second-order valence-electron chi connectivity index (χ2n) is 4.21. The van der Waals surface area contributed by atoms with Gasteiger partial charge in [-0.25, -0.2) is 4.98 Å². The van der Waals surface area contributed by atoms with Gasteiger partial charge in [0.15, 0.2) is 0 Å². The zero-order valence-corrected chi connectivity index (χ0v) is 9.55. The summed E-state index contributed by atoms with van der Waals surface area (Å²) >= 11 is 0. The number of fused-ring (bicyclic) bond motifs is 3. The van der Waals surface area contributed by atoms with Gasteiger partial charge in [0.05, 0.1) is 0 Å². The maximum absolute atomic E-state index is 5.85. The van der Waals surface area contributed by atoms with Crippen molar-refractivity contribution in [1.29, 1.82) is 0 Å². The molecule has 18 heavy (non-hydrogen) atoms. The average Bonchev–Trinajstić information content (AvgIpc) is 3.05. The fourth-order valence-electron chi connectivity index (χ4n) is 2.38. The highest BCUT2D eigenvalue weighted by molar-refractivity contribution is 6.11. The lowest BCUT2D eigenvalue weighted by Crippen LogP contribution is -1.81. The SMILES string of the molecule is c1ccc2c(c1)oc1cccc(-c3ncc[nH]3)c12. The first-order chi connectivity index (χ1) is 8.93. The highest BCUT2D eigenvalue weighted by Crippen LogP contribution is 2.34. The first-order valence-electron chi connectivity index (χ1n) is 5.83. The highest BCUT2D eigenvalue weighted by Gasteiger charge is 2.12. The lowest BCUT2D eigenvalue weighted by atomic mass is 10.1. The summed E-state index contributed by atoms with van der Waals surface area (Å²) < 4.78 is 5.85. The van der Waals surface area contributed by atoms with E-state index in [-0.39, 0.29) is 0 Å². The molecule has 0 aliphatic carbocycles. The van der Waals surface area contributed by atoms with Crippen LogP contribution in [0.5, 0.6) is 0 Å². The quantitative estimate of drug-likeness (QED) is 0.541. The van der Waals surface area contributed by atoms with Crippen molar-refractivity contribution in [2.24, 2.45) is 0 Å². The van der Waals surface area contributed by atoms with Crippen molar-refractivity contribution >= 4 is 21.9 Å². The molecular formula is C15H10N2O. The molecule has 0 fully saturated rings. The van der Waals surface area contributed by atoms with Gasteiger partial charge in [-0.05, 0) is 12.1 Å². The van der Waals surface area contributed by atoms with Gasteiger partial charge in [-0.15, -0.1) is 0 Å². The topological polar surface area (TPSA) is 41.8 Å². The molecule has 0 aliphatic rings. The molecule has 3 nitrogen and oxygen atoms in total. The van der Waals surface area contributed by atoms with Gasteiger partial charge in [-0.3, -0.25) is 0 Å². The minimum atomic E-state index is 0.868. The van der Waals surface area contributed by atoms with E-state index in [2.05, 4.69) is 22.1 Å². The van der Waals surface area contributed by atoms with Crippen molar-refractivity contribution in [1.82, 2.24) is 9.97 Å². The maximum Gasteiger partial charge on any atom is 0.138 e. The molecule has 0 saturated carbocycles. The van der Waals surface area contributed by atoms with E-state index >= 15 is 0 Å². The van der Waals surface area contributed by atoms with Crippen molar-refractivity contribution in [2.75, 3.05) is 0 Å². The third kappa shape index (κ3) is 1.21. The van der Waals surface area contributed by atoms with Crippen LogP contribution in [0, 0.1) is 0 Å². The maximum atomic E-state index is 5.85. The van der Waals surface area contributed by atoms with Gasteiger partial charge in [-0.1, -0.05) is 30.3 Å². The molecule has 0 aliphatic heterocycles. The highest BCUT2D eigenvalue weighted by atomic mass is 16.3. The van der Waals surface area contributed by atoms with Crippen LogP contribution in [0.25, 0.3) is 33.3 Å². The van der Waals surface area contributed by atoms with Crippen LogP contribution in [0.1, 0.15) is 0 Å². The van der Waals surface area contributed by atoms with Gasteiger partial charge < -0.3 is 9.40 Å². The Morgan fingerprint density at radius 1 is 0.944 bits per heavy atom. The van der Waals surface area contributed by atoms with E-state index in [4.69, 9.17) is 4.42 Å². The summed E-state index contributed by atoms with van der Waals surface area (Å²) in [6, 6.07) is 14.1. The molecule has 3 heteroatoms. The van der Waals surface area contributed by atoms with E-state index < -0.39 is 0 Å². The Morgan fingerprint density at radius 3 is 2.72 bits per heavy atom. The van der Waals surface area contributed by atoms with Crippen LogP contribution in [-0.2, 0) is 0 Å². The number of nitrogens with zero attached hydrogens (tertiary/aromatic N) is 1. The Morgan fingerprint density at radius 2 is 1.83 bits per heavy atom. The van der Waals surface area contributed by atoms with Crippen molar-refractivity contribution < 1.29 is 4.42 Å². The molecule has 0 saturated heterocycles. The molecule has 0 unspecified atom stereocenters. The van der Waals surface area contributed by atoms with Crippen molar-refractivity contribution in [3.63, 3.8) is 0 Å². The fraction of sp³-hybridized carbons (Fsp3) is 0. The zero-order chi connectivity index (χ0) is 11.9. The third-order valence-corrected chi connectivity index (χ3v) is 3.16. The molecule has 1 N–H and O–H groups in total.